The molecule has 0 aromatic heterocycles. The van der Waals surface area contributed by atoms with Gasteiger partial charge in [0.1, 0.15) is 11.8 Å². The van der Waals surface area contributed by atoms with Crippen LogP contribution in [-0.2, 0) is 10.2 Å². The van der Waals surface area contributed by atoms with Crippen LogP contribution in [0.15, 0.2) is 60.7 Å². The van der Waals surface area contributed by atoms with Crippen LogP contribution >= 0.6 is 0 Å². The Kier molecular flexibility index (Phi) is 3.72. The zero-order chi connectivity index (χ0) is 22.5. The minimum atomic E-state index is -0.587. The number of hydrogen-bond acceptors (Lipinski definition) is 3. The van der Waals surface area contributed by atoms with E-state index in [1.165, 1.54) is 21.9 Å². The summed E-state index contributed by atoms with van der Waals surface area (Å²) >= 11 is 0. The molecule has 0 saturated carbocycles. The number of benzene rings is 3. The molecule has 4 nitrogen and oxygen atoms in total. The van der Waals surface area contributed by atoms with E-state index in [0.717, 1.165) is 17.9 Å². The Bertz CT molecular complexity index is 1270. The van der Waals surface area contributed by atoms with Crippen molar-refractivity contribution in [3.63, 3.8) is 0 Å². The van der Waals surface area contributed by atoms with E-state index in [-0.39, 0.29) is 28.8 Å². The topological polar surface area (TPSA) is 41.6 Å². The molecule has 3 aromatic rings. The van der Waals surface area contributed by atoms with E-state index < -0.39 is 5.72 Å². The predicted molar refractivity (Wildman–Crippen MR) is 128 cm³/mol. The van der Waals surface area contributed by atoms with Crippen molar-refractivity contribution in [2.75, 3.05) is 4.90 Å². The van der Waals surface area contributed by atoms with Crippen LogP contribution in [0.3, 0.4) is 0 Å². The first kappa shape index (κ1) is 19.7. The van der Waals surface area contributed by atoms with Gasteiger partial charge >= 0.3 is 0 Å². The van der Waals surface area contributed by atoms with E-state index in [1.807, 2.05) is 20.8 Å². The van der Waals surface area contributed by atoms with Gasteiger partial charge in [0.2, 0.25) is 5.91 Å². The number of ether oxygens (including phenoxy) is 1. The molecule has 164 valence electrons. The molecule has 3 aromatic carbocycles. The number of carbonyl (C=O) groups excluding carboxylic acids is 1. The van der Waals surface area contributed by atoms with Gasteiger partial charge in [0.15, 0.2) is 5.72 Å². The third-order valence-corrected chi connectivity index (χ3v) is 7.71. The molecule has 3 aliphatic rings. The first-order valence-electron chi connectivity index (χ1n) is 11.6. The molecule has 32 heavy (non-hydrogen) atoms. The zero-order valence-electron chi connectivity index (χ0n) is 19.4. The normalized spacial score (nSPS) is 26.8. The second-order valence-corrected chi connectivity index (χ2v) is 11.1. The fraction of sp³-hybridized carbons (Fsp3) is 0.393. The molecule has 3 aliphatic heterocycles. The maximum absolute atomic E-state index is 13.9. The van der Waals surface area contributed by atoms with Crippen LogP contribution in [0.2, 0.25) is 0 Å². The van der Waals surface area contributed by atoms with E-state index in [2.05, 4.69) is 84.7 Å². The van der Waals surface area contributed by atoms with Crippen LogP contribution in [0, 0.1) is 0 Å². The Balaban J connectivity index is 1.62. The maximum atomic E-state index is 13.9. The molecule has 1 spiro atoms. The number of carbonyl (C=O) groups is 1. The van der Waals surface area contributed by atoms with Crippen molar-refractivity contribution in [1.82, 2.24) is 5.32 Å². The number of anilines is 1. The molecule has 1 fully saturated rings. The lowest BCUT2D eigenvalue weighted by molar-refractivity contribution is -0.124. The Hall–Kier alpha value is -3.01. The summed E-state index contributed by atoms with van der Waals surface area (Å²) in [7, 11) is 0. The van der Waals surface area contributed by atoms with Crippen molar-refractivity contribution >= 4 is 22.4 Å². The molecule has 1 amide bonds. The Morgan fingerprint density at radius 3 is 2.53 bits per heavy atom. The number of rotatable bonds is 1. The minimum Gasteiger partial charge on any atom is -0.467 e. The van der Waals surface area contributed by atoms with Gasteiger partial charge in [0.05, 0.1) is 5.41 Å². The fourth-order valence-electron chi connectivity index (χ4n) is 6.39. The van der Waals surface area contributed by atoms with Crippen LogP contribution < -0.4 is 15.0 Å². The summed E-state index contributed by atoms with van der Waals surface area (Å²) in [5, 5.41) is 5.66. The van der Waals surface area contributed by atoms with Crippen molar-refractivity contribution in [3.8, 4) is 5.75 Å². The predicted octanol–water partition coefficient (Wildman–Crippen LogP) is 5.50. The zero-order valence-corrected chi connectivity index (χ0v) is 19.4. The highest BCUT2D eigenvalue weighted by Crippen LogP contribution is 2.65. The molecule has 0 aliphatic carbocycles. The van der Waals surface area contributed by atoms with E-state index in [1.54, 1.807) is 0 Å². The van der Waals surface area contributed by atoms with Gasteiger partial charge in [-0.25, -0.2) is 0 Å². The molecule has 3 atom stereocenters. The van der Waals surface area contributed by atoms with E-state index in [4.69, 9.17) is 4.74 Å². The van der Waals surface area contributed by atoms with E-state index in [0.29, 0.717) is 0 Å². The van der Waals surface area contributed by atoms with Gasteiger partial charge in [-0.2, -0.15) is 0 Å². The molecular weight excluding hydrogens is 396 g/mol. The lowest BCUT2D eigenvalue weighted by Gasteiger charge is -2.45. The second kappa shape index (κ2) is 6.06. The van der Waals surface area contributed by atoms with Gasteiger partial charge in [-0.1, -0.05) is 48.5 Å². The minimum absolute atomic E-state index is 0.0554. The monoisotopic (exact) mass is 426 g/mol. The fourth-order valence-corrected chi connectivity index (χ4v) is 6.39. The van der Waals surface area contributed by atoms with Crippen molar-refractivity contribution in [2.24, 2.45) is 0 Å². The standard InChI is InChI=1S/C28H30N2O2/c1-26(2,3)29-25(31)24-19-16-28(27(4,5)20-12-8-9-13-21(20)30(24)28)32-22-15-14-17-10-6-7-11-18(17)23(19)22/h6-15,19,24H,16H2,1-5H3,(H,29,31)/t19-,24+,28+/m0/s1. The Morgan fingerprint density at radius 1 is 1.03 bits per heavy atom. The molecule has 4 heteroatoms. The number of nitrogens with zero attached hydrogens (tertiary/aromatic N) is 1. The number of fused-ring (bicyclic) bond motifs is 7. The number of nitrogens with one attached hydrogen (secondary N) is 1. The smallest absolute Gasteiger partial charge is 0.243 e. The third kappa shape index (κ3) is 2.35. The highest BCUT2D eigenvalue weighted by molar-refractivity contribution is 5.95. The van der Waals surface area contributed by atoms with Crippen molar-refractivity contribution in [1.29, 1.82) is 0 Å². The second-order valence-electron chi connectivity index (χ2n) is 11.1. The van der Waals surface area contributed by atoms with Gasteiger partial charge in [-0.3, -0.25) is 4.79 Å². The molecule has 1 saturated heterocycles. The Labute approximate surface area is 189 Å². The van der Waals surface area contributed by atoms with Crippen LogP contribution in [0.25, 0.3) is 10.8 Å². The molecule has 6 rings (SSSR count). The third-order valence-electron chi connectivity index (χ3n) is 7.71. The summed E-state index contributed by atoms with van der Waals surface area (Å²) in [6.07, 6.45) is 0.790. The largest absolute Gasteiger partial charge is 0.467 e. The number of hydrogen-bond donors (Lipinski definition) is 1. The van der Waals surface area contributed by atoms with Crippen LogP contribution in [0.4, 0.5) is 5.69 Å². The summed E-state index contributed by atoms with van der Waals surface area (Å²) in [5.41, 5.74) is 2.38. The van der Waals surface area contributed by atoms with Crippen molar-refractivity contribution in [3.05, 3.63) is 71.8 Å². The lowest BCUT2D eigenvalue weighted by atomic mass is 9.72. The summed E-state index contributed by atoms with van der Waals surface area (Å²) in [4.78, 5) is 16.2. The first-order valence-corrected chi connectivity index (χ1v) is 11.6. The maximum Gasteiger partial charge on any atom is 0.243 e. The molecule has 0 unspecified atom stereocenters. The summed E-state index contributed by atoms with van der Waals surface area (Å²) in [6, 6.07) is 20.9. The number of para-hydroxylation sites is 1. The lowest BCUT2D eigenvalue weighted by Crippen LogP contribution is -2.60. The SMILES string of the molecule is CC(C)(C)NC(=O)[C@H]1[C@H]2C[C@]3(Oc4ccc5ccccc5c42)N1c1ccccc1C3(C)C. The Morgan fingerprint density at radius 2 is 1.75 bits per heavy atom. The highest BCUT2D eigenvalue weighted by atomic mass is 16.5. The summed E-state index contributed by atoms with van der Waals surface area (Å²) in [5.74, 6) is 1.04. The number of amides is 1. The highest BCUT2D eigenvalue weighted by Gasteiger charge is 2.70. The van der Waals surface area contributed by atoms with Crippen LogP contribution in [0.1, 0.15) is 58.1 Å². The first-order chi connectivity index (χ1) is 15.1. The van der Waals surface area contributed by atoms with Crippen LogP contribution in [-0.4, -0.2) is 23.2 Å². The summed E-state index contributed by atoms with van der Waals surface area (Å²) < 4.78 is 7.00. The van der Waals surface area contributed by atoms with Crippen molar-refractivity contribution < 1.29 is 9.53 Å². The molecule has 0 radical (unpaired) electrons. The molecular formula is C28H30N2O2. The molecule has 2 bridgehead atoms. The molecule has 3 heterocycles. The summed E-state index contributed by atoms with van der Waals surface area (Å²) in [6.45, 7) is 10.7. The van der Waals surface area contributed by atoms with Crippen LogP contribution in [0.5, 0.6) is 5.75 Å². The van der Waals surface area contributed by atoms with Gasteiger partial charge in [0, 0.05) is 29.1 Å². The quantitative estimate of drug-likeness (QED) is 0.559. The van der Waals surface area contributed by atoms with Gasteiger partial charge in [-0.15, -0.1) is 0 Å². The van der Waals surface area contributed by atoms with Crippen molar-refractivity contribution in [2.45, 2.75) is 69.7 Å². The van der Waals surface area contributed by atoms with Gasteiger partial charge in [-0.05, 0) is 63.1 Å². The van der Waals surface area contributed by atoms with E-state index >= 15 is 0 Å². The average Bonchev–Trinajstić information content (AvgIpc) is 3.11. The molecule has 1 N–H and O–H groups in total. The van der Waals surface area contributed by atoms with Gasteiger partial charge in [0.25, 0.3) is 0 Å². The van der Waals surface area contributed by atoms with Gasteiger partial charge < -0.3 is 15.0 Å². The average molecular weight is 427 g/mol. The van der Waals surface area contributed by atoms with E-state index in [9.17, 15) is 4.79 Å².